The molecule has 1 unspecified atom stereocenters. The minimum absolute atomic E-state index is 0.400. The van der Waals surface area contributed by atoms with Crippen molar-refractivity contribution < 1.29 is 9.47 Å². The average molecular weight is 294 g/mol. The zero-order valence-electron chi connectivity index (χ0n) is 13.5. The van der Waals surface area contributed by atoms with Gasteiger partial charge in [-0.25, -0.2) is 0 Å². The summed E-state index contributed by atoms with van der Waals surface area (Å²) in [7, 11) is 3.49. The molecule has 0 saturated heterocycles. The first-order valence-electron chi connectivity index (χ1n) is 7.77. The lowest BCUT2D eigenvalue weighted by Crippen LogP contribution is -2.43. The summed E-state index contributed by atoms with van der Waals surface area (Å²) in [5, 5.41) is 0. The van der Waals surface area contributed by atoms with E-state index in [9.17, 15) is 0 Å². The van der Waals surface area contributed by atoms with Gasteiger partial charge in [0.15, 0.2) is 0 Å². The van der Waals surface area contributed by atoms with Crippen LogP contribution in [0.15, 0.2) is 30.3 Å². The monoisotopic (exact) mass is 294 g/mol. The van der Waals surface area contributed by atoms with E-state index in [0.717, 1.165) is 45.6 Å². The van der Waals surface area contributed by atoms with Crippen LogP contribution >= 0.6 is 0 Å². The van der Waals surface area contributed by atoms with Gasteiger partial charge in [-0.05, 0) is 24.8 Å². The maximum absolute atomic E-state index is 6.00. The topological polar surface area (TPSA) is 47.7 Å². The van der Waals surface area contributed by atoms with Crippen molar-refractivity contribution >= 4 is 0 Å². The number of rotatable bonds is 12. The Balaban J connectivity index is 2.49. The third-order valence-electron chi connectivity index (χ3n) is 3.77. The Morgan fingerprint density at radius 1 is 1.05 bits per heavy atom. The highest BCUT2D eigenvalue weighted by atomic mass is 16.5. The predicted molar refractivity (Wildman–Crippen MR) is 87.5 cm³/mol. The Kier molecular flexibility index (Phi) is 10.1. The highest BCUT2D eigenvalue weighted by molar-refractivity contribution is 5.14. The van der Waals surface area contributed by atoms with Crippen LogP contribution in [0.2, 0.25) is 0 Å². The predicted octanol–water partition coefficient (Wildman–Crippen LogP) is 1.93. The first-order valence-corrected chi connectivity index (χ1v) is 7.77. The molecule has 0 aliphatic carbocycles. The minimum atomic E-state index is 0.400. The molecule has 0 fully saturated rings. The zero-order chi connectivity index (χ0) is 15.3. The first kappa shape index (κ1) is 18.1. The lowest BCUT2D eigenvalue weighted by atomic mass is 10.0. The van der Waals surface area contributed by atoms with E-state index in [1.807, 2.05) is 0 Å². The van der Waals surface area contributed by atoms with Crippen molar-refractivity contribution in [2.45, 2.75) is 25.3 Å². The minimum Gasteiger partial charge on any atom is -0.385 e. The Morgan fingerprint density at radius 3 is 2.38 bits per heavy atom. The van der Waals surface area contributed by atoms with Crippen LogP contribution in [0.4, 0.5) is 0 Å². The Bertz CT molecular complexity index is 346. The number of hydrogen-bond acceptors (Lipinski definition) is 4. The number of nitrogens with two attached hydrogens (primary N) is 1. The molecule has 0 aliphatic heterocycles. The smallest absolute Gasteiger partial charge is 0.0589 e. The van der Waals surface area contributed by atoms with Crippen molar-refractivity contribution in [3.63, 3.8) is 0 Å². The molecule has 0 heterocycles. The quantitative estimate of drug-likeness (QED) is 0.598. The van der Waals surface area contributed by atoms with Crippen molar-refractivity contribution in [1.29, 1.82) is 0 Å². The van der Waals surface area contributed by atoms with Gasteiger partial charge in [-0.3, -0.25) is 4.90 Å². The van der Waals surface area contributed by atoms with Crippen LogP contribution in [-0.2, 0) is 15.9 Å². The molecule has 4 heteroatoms. The van der Waals surface area contributed by atoms with Crippen molar-refractivity contribution in [2.24, 2.45) is 5.73 Å². The van der Waals surface area contributed by atoms with Crippen LogP contribution < -0.4 is 5.73 Å². The van der Waals surface area contributed by atoms with Gasteiger partial charge in [-0.1, -0.05) is 30.3 Å². The molecule has 1 aromatic rings. The van der Waals surface area contributed by atoms with Gasteiger partial charge in [0, 0.05) is 46.5 Å². The fourth-order valence-corrected chi connectivity index (χ4v) is 2.52. The van der Waals surface area contributed by atoms with Crippen LogP contribution in [0.5, 0.6) is 0 Å². The van der Waals surface area contributed by atoms with E-state index in [0.29, 0.717) is 12.6 Å². The van der Waals surface area contributed by atoms with E-state index in [4.69, 9.17) is 15.2 Å². The largest absolute Gasteiger partial charge is 0.385 e. The third-order valence-corrected chi connectivity index (χ3v) is 3.77. The molecule has 1 rings (SSSR count). The summed E-state index contributed by atoms with van der Waals surface area (Å²) < 4.78 is 10.4. The lowest BCUT2D eigenvalue weighted by Gasteiger charge is -2.31. The van der Waals surface area contributed by atoms with Crippen LogP contribution in [0.3, 0.4) is 0 Å². The summed E-state index contributed by atoms with van der Waals surface area (Å²) in [6, 6.07) is 11.0. The lowest BCUT2D eigenvalue weighted by molar-refractivity contribution is 0.105. The summed E-state index contributed by atoms with van der Waals surface area (Å²) in [6.07, 6.45) is 3.18. The Morgan fingerprint density at radius 2 is 1.76 bits per heavy atom. The van der Waals surface area contributed by atoms with E-state index in [1.54, 1.807) is 14.2 Å². The standard InChI is InChI=1S/C17H30N2O2/c1-20-13-6-11-19(12-14-21-2)17(15-18)10-9-16-7-4-3-5-8-16/h3-5,7-8,17H,6,9-15,18H2,1-2H3. The second-order valence-electron chi connectivity index (χ2n) is 5.29. The number of benzene rings is 1. The molecule has 0 spiro atoms. The van der Waals surface area contributed by atoms with Gasteiger partial charge >= 0.3 is 0 Å². The van der Waals surface area contributed by atoms with Crippen LogP contribution in [0.1, 0.15) is 18.4 Å². The number of ether oxygens (including phenoxy) is 2. The summed E-state index contributed by atoms with van der Waals surface area (Å²) in [5.74, 6) is 0. The SMILES string of the molecule is COCCCN(CCOC)C(CN)CCc1ccccc1. The van der Waals surface area contributed by atoms with Crippen LogP contribution in [0, 0.1) is 0 Å². The molecule has 1 aromatic carbocycles. The molecule has 0 bridgehead atoms. The number of aryl methyl sites for hydroxylation is 1. The molecule has 0 aliphatic rings. The number of nitrogens with zero attached hydrogens (tertiary/aromatic N) is 1. The first-order chi connectivity index (χ1) is 10.3. The summed E-state index contributed by atoms with van der Waals surface area (Å²) in [4.78, 5) is 2.44. The van der Waals surface area contributed by atoms with Crippen molar-refractivity contribution in [2.75, 3.05) is 47.1 Å². The second-order valence-corrected chi connectivity index (χ2v) is 5.29. The Labute approximate surface area is 129 Å². The summed E-state index contributed by atoms with van der Waals surface area (Å²) >= 11 is 0. The fraction of sp³-hybridized carbons (Fsp3) is 0.647. The van der Waals surface area contributed by atoms with Gasteiger partial charge in [0.05, 0.1) is 6.61 Å². The zero-order valence-corrected chi connectivity index (χ0v) is 13.5. The molecule has 0 radical (unpaired) electrons. The average Bonchev–Trinajstić information content (AvgIpc) is 2.53. The van der Waals surface area contributed by atoms with Gasteiger partial charge in [-0.15, -0.1) is 0 Å². The highest BCUT2D eigenvalue weighted by Gasteiger charge is 2.16. The number of methoxy groups -OCH3 is 2. The van der Waals surface area contributed by atoms with E-state index in [2.05, 4.69) is 35.2 Å². The highest BCUT2D eigenvalue weighted by Crippen LogP contribution is 2.10. The summed E-state index contributed by atoms with van der Waals surface area (Å²) in [6.45, 7) is 4.16. The van der Waals surface area contributed by atoms with E-state index in [1.165, 1.54) is 5.56 Å². The molecule has 0 saturated carbocycles. The van der Waals surface area contributed by atoms with Crippen LogP contribution in [0.25, 0.3) is 0 Å². The van der Waals surface area contributed by atoms with Gasteiger partial charge in [0.25, 0.3) is 0 Å². The number of hydrogen-bond donors (Lipinski definition) is 1. The molecular weight excluding hydrogens is 264 g/mol. The van der Waals surface area contributed by atoms with E-state index < -0.39 is 0 Å². The molecule has 21 heavy (non-hydrogen) atoms. The Hall–Kier alpha value is -0.940. The fourth-order valence-electron chi connectivity index (χ4n) is 2.52. The summed E-state index contributed by atoms with van der Waals surface area (Å²) in [5.41, 5.74) is 7.37. The molecule has 2 N–H and O–H groups in total. The third kappa shape index (κ3) is 7.58. The molecule has 4 nitrogen and oxygen atoms in total. The van der Waals surface area contributed by atoms with Crippen molar-refractivity contribution in [3.8, 4) is 0 Å². The van der Waals surface area contributed by atoms with Crippen LogP contribution in [-0.4, -0.2) is 58.0 Å². The van der Waals surface area contributed by atoms with Crippen molar-refractivity contribution in [1.82, 2.24) is 4.90 Å². The maximum atomic E-state index is 6.00. The normalized spacial score (nSPS) is 12.8. The molecule has 0 amide bonds. The van der Waals surface area contributed by atoms with E-state index >= 15 is 0 Å². The van der Waals surface area contributed by atoms with Crippen molar-refractivity contribution in [3.05, 3.63) is 35.9 Å². The van der Waals surface area contributed by atoms with Gasteiger partial charge < -0.3 is 15.2 Å². The van der Waals surface area contributed by atoms with E-state index in [-0.39, 0.29) is 0 Å². The second kappa shape index (κ2) is 11.7. The van der Waals surface area contributed by atoms with Gasteiger partial charge in [0.2, 0.25) is 0 Å². The molecule has 1 atom stereocenters. The molecule has 120 valence electrons. The van der Waals surface area contributed by atoms with Gasteiger partial charge in [-0.2, -0.15) is 0 Å². The van der Waals surface area contributed by atoms with Gasteiger partial charge in [0.1, 0.15) is 0 Å². The molecule has 0 aromatic heterocycles. The molecular formula is C17H30N2O2. The maximum Gasteiger partial charge on any atom is 0.0589 e.